The summed E-state index contributed by atoms with van der Waals surface area (Å²) in [7, 11) is 0. The molecule has 104 valence electrons. The number of halogens is 1. The Morgan fingerprint density at radius 2 is 2.05 bits per heavy atom. The molecule has 5 heteroatoms. The maximum Gasteiger partial charge on any atom is 0.175 e. The van der Waals surface area contributed by atoms with Crippen molar-refractivity contribution in [3.8, 4) is 11.5 Å². The number of aliphatic hydroxyl groups excluding tert-OH is 1. The van der Waals surface area contributed by atoms with Crippen molar-refractivity contribution in [2.75, 3.05) is 26.4 Å². The fourth-order valence-corrected chi connectivity index (χ4v) is 3.07. The lowest BCUT2D eigenvalue weighted by Gasteiger charge is -2.19. The minimum atomic E-state index is -0.518. The van der Waals surface area contributed by atoms with Crippen LogP contribution in [0.25, 0.3) is 0 Å². The average molecular weight is 329 g/mol. The van der Waals surface area contributed by atoms with Gasteiger partial charge in [-0.15, -0.1) is 0 Å². The van der Waals surface area contributed by atoms with Gasteiger partial charge in [-0.2, -0.15) is 0 Å². The number of ether oxygens (including phenoxy) is 3. The number of aliphatic hydroxyl groups is 1. The first-order valence-corrected chi connectivity index (χ1v) is 7.40. The van der Waals surface area contributed by atoms with Crippen molar-refractivity contribution in [1.29, 1.82) is 0 Å². The highest BCUT2D eigenvalue weighted by Crippen LogP contribution is 2.41. The number of fused-ring (bicyclic) bond motifs is 1. The van der Waals surface area contributed by atoms with Gasteiger partial charge in [-0.25, -0.2) is 0 Å². The quantitative estimate of drug-likeness (QED) is 0.906. The summed E-state index contributed by atoms with van der Waals surface area (Å²) in [6.45, 7) is 2.65. The Hall–Kier alpha value is -0.780. The molecule has 2 heterocycles. The third-order valence-corrected chi connectivity index (χ3v) is 4.17. The molecule has 2 aliphatic heterocycles. The van der Waals surface area contributed by atoms with Gasteiger partial charge in [0, 0.05) is 18.9 Å². The van der Waals surface area contributed by atoms with Gasteiger partial charge in [0.25, 0.3) is 0 Å². The molecule has 2 aliphatic rings. The summed E-state index contributed by atoms with van der Waals surface area (Å²) in [5.41, 5.74) is 0.853. The van der Waals surface area contributed by atoms with Crippen LogP contribution in [0.4, 0.5) is 0 Å². The first-order chi connectivity index (χ1) is 9.25. The van der Waals surface area contributed by atoms with Crippen LogP contribution in [0, 0.1) is 5.92 Å². The zero-order valence-corrected chi connectivity index (χ0v) is 12.2. The van der Waals surface area contributed by atoms with Crippen molar-refractivity contribution in [3.05, 3.63) is 22.2 Å². The zero-order chi connectivity index (χ0) is 13.2. The van der Waals surface area contributed by atoms with E-state index >= 15 is 0 Å². The van der Waals surface area contributed by atoms with Crippen molar-refractivity contribution >= 4 is 15.9 Å². The number of hydrogen-bond donors (Lipinski definition) is 1. The summed E-state index contributed by atoms with van der Waals surface area (Å²) >= 11 is 3.50. The van der Waals surface area contributed by atoms with Crippen molar-refractivity contribution in [1.82, 2.24) is 0 Å². The minimum Gasteiger partial charge on any atom is -0.490 e. The highest BCUT2D eigenvalue weighted by molar-refractivity contribution is 9.10. The molecule has 2 atom stereocenters. The molecule has 0 aliphatic carbocycles. The lowest BCUT2D eigenvalue weighted by Crippen LogP contribution is -2.12. The largest absolute Gasteiger partial charge is 0.490 e. The maximum atomic E-state index is 10.4. The number of hydrogen-bond acceptors (Lipinski definition) is 4. The smallest absolute Gasteiger partial charge is 0.175 e. The van der Waals surface area contributed by atoms with Gasteiger partial charge >= 0.3 is 0 Å². The lowest BCUT2D eigenvalue weighted by molar-refractivity contribution is 0.0915. The van der Waals surface area contributed by atoms with Crippen LogP contribution < -0.4 is 9.47 Å². The van der Waals surface area contributed by atoms with Crippen LogP contribution in [0.3, 0.4) is 0 Å². The second kappa shape index (κ2) is 5.69. The van der Waals surface area contributed by atoms with Gasteiger partial charge in [0.15, 0.2) is 11.5 Å². The highest BCUT2D eigenvalue weighted by atomic mass is 79.9. The molecule has 4 nitrogen and oxygen atoms in total. The van der Waals surface area contributed by atoms with E-state index in [4.69, 9.17) is 14.2 Å². The molecule has 1 fully saturated rings. The third kappa shape index (κ3) is 2.73. The molecule has 1 N–H and O–H groups in total. The normalized spacial score (nSPS) is 24.0. The summed E-state index contributed by atoms with van der Waals surface area (Å²) in [5.74, 6) is 1.60. The molecule has 1 saturated heterocycles. The molecule has 0 radical (unpaired) electrons. The van der Waals surface area contributed by atoms with Crippen LogP contribution in [0.5, 0.6) is 11.5 Å². The molecule has 3 rings (SSSR count). The van der Waals surface area contributed by atoms with E-state index < -0.39 is 6.10 Å². The van der Waals surface area contributed by atoms with E-state index in [1.165, 1.54) is 0 Å². The first kappa shape index (κ1) is 13.2. The monoisotopic (exact) mass is 328 g/mol. The first-order valence-electron chi connectivity index (χ1n) is 6.60. The number of benzene rings is 1. The van der Waals surface area contributed by atoms with Gasteiger partial charge in [0.2, 0.25) is 0 Å². The Labute approximate surface area is 120 Å². The molecular weight excluding hydrogens is 312 g/mol. The van der Waals surface area contributed by atoms with Crippen molar-refractivity contribution < 1.29 is 19.3 Å². The van der Waals surface area contributed by atoms with E-state index in [1.807, 2.05) is 12.1 Å². The van der Waals surface area contributed by atoms with Gasteiger partial charge in [-0.3, -0.25) is 0 Å². The number of rotatable bonds is 2. The zero-order valence-electron chi connectivity index (χ0n) is 10.6. The molecule has 0 amide bonds. The minimum absolute atomic E-state index is 0.164. The Morgan fingerprint density at radius 1 is 1.21 bits per heavy atom. The summed E-state index contributed by atoms with van der Waals surface area (Å²) in [6, 6.07) is 3.80. The van der Waals surface area contributed by atoms with E-state index in [0.29, 0.717) is 25.6 Å². The van der Waals surface area contributed by atoms with Crippen LogP contribution in [0.2, 0.25) is 0 Å². The van der Waals surface area contributed by atoms with E-state index in [9.17, 15) is 5.11 Å². The molecule has 0 spiro atoms. The van der Waals surface area contributed by atoms with Crippen molar-refractivity contribution in [3.63, 3.8) is 0 Å². The summed E-state index contributed by atoms with van der Waals surface area (Å²) in [6.07, 6.45) is 1.25. The fourth-order valence-electron chi connectivity index (χ4n) is 2.50. The summed E-state index contributed by atoms with van der Waals surface area (Å²) in [5, 5.41) is 10.4. The van der Waals surface area contributed by atoms with Gasteiger partial charge in [0.1, 0.15) is 0 Å². The molecule has 1 aromatic carbocycles. The Bertz CT molecular complexity index is 457. The van der Waals surface area contributed by atoms with Gasteiger partial charge in [-0.05, 0) is 40.0 Å². The topological polar surface area (TPSA) is 47.9 Å². The van der Waals surface area contributed by atoms with Crippen molar-refractivity contribution in [2.45, 2.75) is 18.9 Å². The Morgan fingerprint density at radius 3 is 2.84 bits per heavy atom. The molecule has 0 aromatic heterocycles. The molecule has 2 unspecified atom stereocenters. The molecular formula is C14H17BrO4. The Kier molecular flexibility index (Phi) is 3.96. The van der Waals surface area contributed by atoms with E-state index in [0.717, 1.165) is 35.2 Å². The van der Waals surface area contributed by atoms with E-state index in [2.05, 4.69) is 15.9 Å². The van der Waals surface area contributed by atoms with Gasteiger partial charge < -0.3 is 19.3 Å². The second-order valence-electron chi connectivity index (χ2n) is 4.95. The third-order valence-electron chi connectivity index (χ3n) is 3.58. The average Bonchev–Trinajstić information content (AvgIpc) is 2.83. The lowest BCUT2D eigenvalue weighted by atomic mass is 9.95. The standard InChI is InChI=1S/C14H17BrO4/c15-11-6-10(13(16)9-2-5-17-8-9)7-12-14(11)19-4-1-3-18-12/h6-7,9,13,16H,1-5,8H2. The van der Waals surface area contributed by atoms with E-state index in [1.54, 1.807) is 0 Å². The predicted octanol–water partition coefficient (Wildman–Crippen LogP) is 2.68. The molecule has 0 saturated carbocycles. The Balaban J connectivity index is 1.89. The van der Waals surface area contributed by atoms with Gasteiger partial charge in [-0.1, -0.05) is 0 Å². The summed E-state index contributed by atoms with van der Waals surface area (Å²) in [4.78, 5) is 0. The van der Waals surface area contributed by atoms with E-state index in [-0.39, 0.29) is 5.92 Å². The maximum absolute atomic E-state index is 10.4. The molecule has 0 bridgehead atoms. The van der Waals surface area contributed by atoms with Crippen LogP contribution in [-0.4, -0.2) is 31.5 Å². The molecule has 1 aromatic rings. The van der Waals surface area contributed by atoms with Gasteiger partial charge in [0.05, 0.1) is 30.4 Å². The summed E-state index contributed by atoms with van der Waals surface area (Å²) < 4.78 is 17.5. The van der Waals surface area contributed by atoms with Crippen molar-refractivity contribution in [2.24, 2.45) is 5.92 Å². The van der Waals surface area contributed by atoms with Crippen LogP contribution in [-0.2, 0) is 4.74 Å². The second-order valence-corrected chi connectivity index (χ2v) is 5.80. The van der Waals surface area contributed by atoms with Crippen LogP contribution >= 0.6 is 15.9 Å². The van der Waals surface area contributed by atoms with Crippen LogP contribution in [0.15, 0.2) is 16.6 Å². The molecule has 19 heavy (non-hydrogen) atoms. The van der Waals surface area contributed by atoms with Crippen LogP contribution in [0.1, 0.15) is 24.5 Å². The fraction of sp³-hybridized carbons (Fsp3) is 0.571. The SMILES string of the molecule is OC(c1cc(Br)c2c(c1)OCCCO2)C1CCOC1. The predicted molar refractivity (Wildman–Crippen MR) is 73.6 cm³/mol. The highest BCUT2D eigenvalue weighted by Gasteiger charge is 2.27.